The number of hydrogen-bond acceptors (Lipinski definition) is 2. The van der Waals surface area contributed by atoms with Gasteiger partial charge in [0.2, 0.25) is 0 Å². The number of hydrogen-bond donors (Lipinski definition) is 2. The molecular weight excluding hydrogens is 486 g/mol. The lowest BCUT2D eigenvalue weighted by molar-refractivity contribution is 0.284. The van der Waals surface area contributed by atoms with Crippen LogP contribution in [0.1, 0.15) is 219 Å². The molecule has 0 unspecified atom stereocenters. The van der Waals surface area contributed by atoms with Gasteiger partial charge in [0.1, 0.15) is 0 Å². The fourth-order valence-corrected chi connectivity index (χ4v) is 6.32. The van der Waals surface area contributed by atoms with Crippen LogP contribution in [0.4, 0.5) is 0 Å². The summed E-state index contributed by atoms with van der Waals surface area (Å²) in [7, 11) is 0. The zero-order valence-corrected chi connectivity index (χ0v) is 28.3. The van der Waals surface area contributed by atoms with E-state index < -0.39 is 0 Å². The Labute approximate surface area is 255 Å². The van der Waals surface area contributed by atoms with E-state index in [1.54, 1.807) is 0 Å². The van der Waals surface area contributed by atoms with Gasteiger partial charge in [-0.15, -0.1) is 0 Å². The van der Waals surface area contributed by atoms with E-state index in [4.69, 9.17) is 5.11 Å². The Morgan fingerprint density at radius 3 is 0.950 bits per heavy atom. The lowest BCUT2D eigenvalue weighted by atomic mass is 9.91. The molecule has 0 fully saturated rings. The van der Waals surface area contributed by atoms with Gasteiger partial charge >= 0.3 is 0 Å². The predicted molar refractivity (Wildman–Crippen MR) is 183 cm³/mol. The third-order valence-corrected chi connectivity index (χ3v) is 9.17. The molecule has 0 bridgehead atoms. The van der Waals surface area contributed by atoms with E-state index >= 15 is 0 Å². The number of rotatable bonds is 36. The van der Waals surface area contributed by atoms with Crippen molar-refractivity contribution in [2.75, 3.05) is 19.7 Å². The lowest BCUT2D eigenvalue weighted by Crippen LogP contribution is -2.20. The van der Waals surface area contributed by atoms with Crippen molar-refractivity contribution in [3.8, 4) is 0 Å². The molecule has 0 saturated carbocycles. The maximum absolute atomic E-state index is 9.02. The van der Waals surface area contributed by atoms with E-state index in [0.717, 1.165) is 25.4 Å². The van der Waals surface area contributed by atoms with Gasteiger partial charge in [0.15, 0.2) is 0 Å². The second-order valence-electron chi connectivity index (χ2n) is 13.3. The highest BCUT2D eigenvalue weighted by Crippen LogP contribution is 2.22. The van der Waals surface area contributed by atoms with E-state index in [-0.39, 0.29) is 0 Å². The molecule has 0 atom stereocenters. The van der Waals surface area contributed by atoms with Gasteiger partial charge in [0.25, 0.3) is 0 Å². The summed E-state index contributed by atoms with van der Waals surface area (Å²) in [6.45, 7) is 7.04. The standard InChI is InChI=1S/C38H79NO/c1-3-5-7-9-11-13-15-17-19-21-23-25-27-29-32-38(34-36-39-35-31-37-40)33-30-28-26-24-22-20-18-16-14-12-10-8-6-4-2/h38-40H,3-37H2,1-2H3. The first kappa shape index (κ1) is 39.9. The number of unbranched alkanes of at least 4 members (excludes halogenated alkanes) is 26. The summed E-state index contributed by atoms with van der Waals surface area (Å²) in [4.78, 5) is 0. The molecule has 0 aliphatic heterocycles. The van der Waals surface area contributed by atoms with Crippen LogP contribution in [-0.2, 0) is 0 Å². The quantitative estimate of drug-likeness (QED) is 0.0740. The van der Waals surface area contributed by atoms with E-state index in [9.17, 15) is 0 Å². The molecule has 2 N–H and O–H groups in total. The van der Waals surface area contributed by atoms with Gasteiger partial charge in [-0.1, -0.05) is 206 Å². The molecule has 0 aromatic rings. The molecule has 2 heteroatoms. The summed E-state index contributed by atoms with van der Waals surface area (Å²) in [6, 6.07) is 0. The van der Waals surface area contributed by atoms with Crippen LogP contribution in [0.2, 0.25) is 0 Å². The monoisotopic (exact) mass is 566 g/mol. The molecular formula is C38H79NO. The van der Waals surface area contributed by atoms with Gasteiger partial charge in [-0.3, -0.25) is 0 Å². The highest BCUT2D eigenvalue weighted by molar-refractivity contribution is 4.63. The van der Waals surface area contributed by atoms with Crippen LogP contribution in [0.15, 0.2) is 0 Å². The van der Waals surface area contributed by atoms with Crippen LogP contribution in [0, 0.1) is 5.92 Å². The first-order valence-corrected chi connectivity index (χ1v) is 19.2. The summed E-state index contributed by atoms with van der Waals surface area (Å²) in [6.07, 6.45) is 45.8. The lowest BCUT2D eigenvalue weighted by Gasteiger charge is -2.17. The highest BCUT2D eigenvalue weighted by Gasteiger charge is 2.08. The van der Waals surface area contributed by atoms with E-state index in [1.165, 1.54) is 199 Å². The maximum atomic E-state index is 9.02. The zero-order valence-electron chi connectivity index (χ0n) is 28.3. The largest absolute Gasteiger partial charge is 0.396 e. The van der Waals surface area contributed by atoms with Crippen molar-refractivity contribution in [2.45, 2.75) is 219 Å². The molecule has 0 aromatic carbocycles. The average molecular weight is 566 g/mol. The minimum absolute atomic E-state index is 0.314. The first-order chi connectivity index (χ1) is 19.8. The molecule has 0 aliphatic rings. The van der Waals surface area contributed by atoms with Crippen LogP contribution in [-0.4, -0.2) is 24.8 Å². The van der Waals surface area contributed by atoms with Gasteiger partial charge in [-0.05, 0) is 31.8 Å². The van der Waals surface area contributed by atoms with Crippen molar-refractivity contribution >= 4 is 0 Å². The Bertz CT molecular complexity index is 394. The molecule has 0 aromatic heterocycles. The van der Waals surface area contributed by atoms with Crippen LogP contribution < -0.4 is 5.32 Å². The van der Waals surface area contributed by atoms with E-state index in [0.29, 0.717) is 6.61 Å². The molecule has 0 radical (unpaired) electrons. The van der Waals surface area contributed by atoms with Gasteiger partial charge in [-0.25, -0.2) is 0 Å². The van der Waals surface area contributed by atoms with Gasteiger partial charge < -0.3 is 10.4 Å². The number of nitrogens with one attached hydrogen (secondary N) is 1. The Balaban J connectivity index is 3.69. The summed E-state index contributed by atoms with van der Waals surface area (Å²) in [5.74, 6) is 0.913. The molecule has 0 heterocycles. The molecule has 242 valence electrons. The van der Waals surface area contributed by atoms with Crippen molar-refractivity contribution in [3.63, 3.8) is 0 Å². The number of aliphatic hydroxyl groups is 1. The Kier molecular flexibility index (Phi) is 36.9. The van der Waals surface area contributed by atoms with Crippen molar-refractivity contribution in [1.29, 1.82) is 0 Å². The highest BCUT2D eigenvalue weighted by atomic mass is 16.3. The van der Waals surface area contributed by atoms with E-state index in [2.05, 4.69) is 19.2 Å². The molecule has 40 heavy (non-hydrogen) atoms. The predicted octanol–water partition coefficient (Wildman–Crippen LogP) is 12.7. The second-order valence-corrected chi connectivity index (χ2v) is 13.3. The fraction of sp³-hybridized carbons (Fsp3) is 1.00. The van der Waals surface area contributed by atoms with Gasteiger partial charge in [0, 0.05) is 6.61 Å². The molecule has 0 aliphatic carbocycles. The van der Waals surface area contributed by atoms with Gasteiger partial charge in [-0.2, -0.15) is 0 Å². The third kappa shape index (κ3) is 34.1. The Morgan fingerprint density at radius 1 is 0.350 bits per heavy atom. The zero-order chi connectivity index (χ0) is 29.0. The molecule has 0 saturated heterocycles. The second kappa shape index (κ2) is 36.9. The topological polar surface area (TPSA) is 32.3 Å². The first-order valence-electron chi connectivity index (χ1n) is 19.2. The maximum Gasteiger partial charge on any atom is 0.0443 e. The van der Waals surface area contributed by atoms with Crippen LogP contribution in [0.3, 0.4) is 0 Å². The van der Waals surface area contributed by atoms with Crippen molar-refractivity contribution < 1.29 is 5.11 Å². The Morgan fingerprint density at radius 2 is 0.650 bits per heavy atom. The van der Waals surface area contributed by atoms with Crippen molar-refractivity contribution in [1.82, 2.24) is 5.32 Å². The number of aliphatic hydroxyl groups excluding tert-OH is 1. The average Bonchev–Trinajstić information content (AvgIpc) is 2.96. The summed E-state index contributed by atoms with van der Waals surface area (Å²) in [5, 5.41) is 12.6. The summed E-state index contributed by atoms with van der Waals surface area (Å²) >= 11 is 0. The SMILES string of the molecule is CCCCCCCCCCCCCCCCC(CCCCCCCCCCCCCCCC)CCNCCCO. The Hall–Kier alpha value is -0.0800. The smallest absolute Gasteiger partial charge is 0.0443 e. The molecule has 2 nitrogen and oxygen atoms in total. The summed E-state index contributed by atoms with van der Waals surface area (Å²) in [5.41, 5.74) is 0. The van der Waals surface area contributed by atoms with Crippen molar-refractivity contribution in [2.24, 2.45) is 5.92 Å². The minimum Gasteiger partial charge on any atom is -0.396 e. The molecule has 0 spiro atoms. The van der Waals surface area contributed by atoms with Crippen LogP contribution >= 0.6 is 0 Å². The molecule has 0 amide bonds. The third-order valence-electron chi connectivity index (χ3n) is 9.17. The summed E-state index contributed by atoms with van der Waals surface area (Å²) < 4.78 is 0. The normalized spacial score (nSPS) is 11.7. The van der Waals surface area contributed by atoms with E-state index in [1.807, 2.05) is 0 Å². The van der Waals surface area contributed by atoms with Crippen molar-refractivity contribution in [3.05, 3.63) is 0 Å². The van der Waals surface area contributed by atoms with Crippen LogP contribution in [0.5, 0.6) is 0 Å². The molecule has 0 rings (SSSR count). The van der Waals surface area contributed by atoms with Gasteiger partial charge in [0.05, 0.1) is 0 Å². The van der Waals surface area contributed by atoms with Crippen LogP contribution in [0.25, 0.3) is 0 Å². The minimum atomic E-state index is 0.314. The fourth-order valence-electron chi connectivity index (χ4n) is 6.32.